The van der Waals surface area contributed by atoms with Crippen LogP contribution in [-0.2, 0) is 13.0 Å². The van der Waals surface area contributed by atoms with Crippen molar-refractivity contribution in [1.82, 2.24) is 10.3 Å². The van der Waals surface area contributed by atoms with Crippen LogP contribution in [0.2, 0.25) is 5.02 Å². The minimum absolute atomic E-state index is 0.130. The molecule has 0 saturated heterocycles. The lowest BCUT2D eigenvalue weighted by Crippen LogP contribution is -2.22. The molecule has 0 radical (unpaired) electrons. The van der Waals surface area contributed by atoms with Crippen molar-refractivity contribution in [3.05, 3.63) is 62.8 Å². The molecule has 144 valence electrons. The van der Waals surface area contributed by atoms with Crippen LogP contribution in [0, 0.1) is 5.82 Å². The standard InChI is InChI=1S/C20H17ClFN3O2S/c1-27-15-7-3-5-12(18(15)22)11-4-2-6-14(17(11)21)24-19(26)20-25-13-8-9-23-10-16(13)28-20/h2-7,23H,8-10H2,1H3,(H,24,26). The van der Waals surface area contributed by atoms with E-state index in [1.54, 1.807) is 30.3 Å². The van der Waals surface area contributed by atoms with Crippen LogP contribution in [0.15, 0.2) is 36.4 Å². The Morgan fingerprint density at radius 3 is 2.86 bits per heavy atom. The van der Waals surface area contributed by atoms with Crippen LogP contribution < -0.4 is 15.4 Å². The van der Waals surface area contributed by atoms with Crippen LogP contribution in [0.4, 0.5) is 10.1 Å². The maximum Gasteiger partial charge on any atom is 0.284 e. The summed E-state index contributed by atoms with van der Waals surface area (Å²) in [6.45, 7) is 1.59. The van der Waals surface area contributed by atoms with Gasteiger partial charge in [0.05, 0.1) is 23.5 Å². The fourth-order valence-corrected chi connectivity index (χ4v) is 4.36. The van der Waals surface area contributed by atoms with Crippen molar-refractivity contribution < 1.29 is 13.9 Å². The Morgan fingerprint density at radius 1 is 1.29 bits per heavy atom. The number of halogens is 2. The molecule has 2 N–H and O–H groups in total. The summed E-state index contributed by atoms with van der Waals surface area (Å²) in [5, 5.41) is 6.71. The molecule has 3 aromatic rings. The van der Waals surface area contributed by atoms with E-state index in [0.29, 0.717) is 21.8 Å². The van der Waals surface area contributed by atoms with Crippen LogP contribution in [0.1, 0.15) is 20.4 Å². The number of amides is 1. The minimum atomic E-state index is -0.504. The van der Waals surface area contributed by atoms with Crippen LogP contribution in [0.5, 0.6) is 5.75 Å². The van der Waals surface area contributed by atoms with E-state index in [4.69, 9.17) is 16.3 Å². The Labute approximate surface area is 170 Å². The number of fused-ring (bicyclic) bond motifs is 1. The maximum absolute atomic E-state index is 14.6. The molecule has 5 nitrogen and oxygen atoms in total. The number of aromatic nitrogens is 1. The molecule has 2 aromatic carbocycles. The minimum Gasteiger partial charge on any atom is -0.494 e. The lowest BCUT2D eigenvalue weighted by molar-refractivity contribution is 0.102. The SMILES string of the molecule is COc1cccc(-c2cccc(NC(=O)c3nc4c(s3)CNCC4)c2Cl)c1F. The van der Waals surface area contributed by atoms with Gasteiger partial charge in [-0.15, -0.1) is 11.3 Å². The maximum atomic E-state index is 14.6. The summed E-state index contributed by atoms with van der Waals surface area (Å²) < 4.78 is 19.7. The number of carbonyl (C=O) groups excluding carboxylic acids is 1. The molecular formula is C20H17ClFN3O2S. The number of ether oxygens (including phenoxy) is 1. The monoisotopic (exact) mass is 417 g/mol. The van der Waals surface area contributed by atoms with E-state index >= 15 is 0 Å². The zero-order valence-corrected chi connectivity index (χ0v) is 16.6. The molecule has 0 spiro atoms. The average molecular weight is 418 g/mol. The highest BCUT2D eigenvalue weighted by atomic mass is 35.5. The van der Waals surface area contributed by atoms with Gasteiger partial charge in [0.1, 0.15) is 0 Å². The molecule has 28 heavy (non-hydrogen) atoms. The fraction of sp³-hybridized carbons (Fsp3) is 0.200. The van der Waals surface area contributed by atoms with Crippen molar-refractivity contribution in [2.45, 2.75) is 13.0 Å². The largest absolute Gasteiger partial charge is 0.494 e. The topological polar surface area (TPSA) is 63.2 Å². The second kappa shape index (κ2) is 7.87. The summed E-state index contributed by atoms with van der Waals surface area (Å²) in [4.78, 5) is 18.2. The Bertz CT molecular complexity index is 1030. The summed E-state index contributed by atoms with van der Waals surface area (Å²) in [7, 11) is 1.41. The van der Waals surface area contributed by atoms with Crippen LogP contribution in [0.3, 0.4) is 0 Å². The molecule has 4 rings (SSSR count). The second-order valence-electron chi connectivity index (χ2n) is 6.26. The van der Waals surface area contributed by atoms with Gasteiger partial charge in [-0.25, -0.2) is 9.37 Å². The normalized spacial score (nSPS) is 13.1. The molecule has 1 aliphatic rings. The number of nitrogens with one attached hydrogen (secondary N) is 2. The van der Waals surface area contributed by atoms with E-state index in [1.807, 2.05) is 0 Å². The van der Waals surface area contributed by atoms with Gasteiger partial charge >= 0.3 is 0 Å². The van der Waals surface area contributed by atoms with E-state index in [0.717, 1.165) is 30.1 Å². The molecule has 1 aliphatic heterocycles. The zero-order valence-electron chi connectivity index (χ0n) is 15.0. The van der Waals surface area contributed by atoms with Gasteiger partial charge in [0, 0.05) is 35.5 Å². The average Bonchev–Trinajstić information content (AvgIpc) is 3.14. The van der Waals surface area contributed by atoms with Gasteiger partial charge in [0.25, 0.3) is 5.91 Å². The van der Waals surface area contributed by atoms with Gasteiger partial charge in [-0.1, -0.05) is 35.9 Å². The Morgan fingerprint density at radius 2 is 2.07 bits per heavy atom. The summed E-state index contributed by atoms with van der Waals surface area (Å²) in [5.74, 6) is -0.704. The van der Waals surface area contributed by atoms with E-state index in [-0.39, 0.29) is 16.7 Å². The highest BCUT2D eigenvalue weighted by Gasteiger charge is 2.21. The van der Waals surface area contributed by atoms with E-state index in [9.17, 15) is 9.18 Å². The van der Waals surface area contributed by atoms with Crippen LogP contribution in [-0.4, -0.2) is 24.5 Å². The molecule has 1 aromatic heterocycles. The second-order valence-corrected chi connectivity index (χ2v) is 7.72. The predicted octanol–water partition coefficient (Wildman–Crippen LogP) is 4.51. The first-order valence-corrected chi connectivity index (χ1v) is 9.90. The lowest BCUT2D eigenvalue weighted by Gasteiger charge is -2.12. The van der Waals surface area contributed by atoms with E-state index < -0.39 is 5.82 Å². The van der Waals surface area contributed by atoms with Crippen molar-refractivity contribution in [3.63, 3.8) is 0 Å². The number of nitrogens with zero attached hydrogens (tertiary/aromatic N) is 1. The number of hydrogen-bond donors (Lipinski definition) is 2. The zero-order chi connectivity index (χ0) is 19.7. The van der Waals surface area contributed by atoms with Gasteiger partial charge in [0.2, 0.25) is 0 Å². The highest BCUT2D eigenvalue weighted by Crippen LogP contribution is 2.37. The van der Waals surface area contributed by atoms with Crippen molar-refractivity contribution >= 4 is 34.5 Å². The molecule has 0 atom stereocenters. The third kappa shape index (κ3) is 3.48. The van der Waals surface area contributed by atoms with Crippen molar-refractivity contribution in [3.8, 4) is 16.9 Å². The van der Waals surface area contributed by atoms with Crippen molar-refractivity contribution in [2.75, 3.05) is 19.0 Å². The highest BCUT2D eigenvalue weighted by molar-refractivity contribution is 7.13. The van der Waals surface area contributed by atoms with Gasteiger partial charge in [-0.05, 0) is 12.1 Å². The Balaban J connectivity index is 1.64. The summed E-state index contributed by atoms with van der Waals surface area (Å²) in [6.07, 6.45) is 0.810. The van der Waals surface area contributed by atoms with E-state index in [1.165, 1.54) is 24.5 Å². The quantitative estimate of drug-likeness (QED) is 0.655. The number of anilines is 1. The molecular weight excluding hydrogens is 401 g/mol. The number of hydrogen-bond acceptors (Lipinski definition) is 5. The van der Waals surface area contributed by atoms with Gasteiger partial charge < -0.3 is 15.4 Å². The number of benzene rings is 2. The van der Waals surface area contributed by atoms with Crippen molar-refractivity contribution in [1.29, 1.82) is 0 Å². The van der Waals surface area contributed by atoms with Gasteiger partial charge in [-0.2, -0.15) is 0 Å². The molecule has 0 aliphatic carbocycles. The number of carbonyl (C=O) groups is 1. The Hall–Kier alpha value is -2.48. The molecule has 0 unspecified atom stereocenters. The third-order valence-corrected chi connectivity index (χ3v) is 6.02. The number of methoxy groups -OCH3 is 1. The summed E-state index contributed by atoms with van der Waals surface area (Å²) >= 11 is 7.87. The van der Waals surface area contributed by atoms with Gasteiger partial charge in [-0.3, -0.25) is 4.79 Å². The molecule has 0 bridgehead atoms. The Kier molecular flexibility index (Phi) is 5.30. The summed E-state index contributed by atoms with van der Waals surface area (Å²) in [5.41, 5.74) is 2.14. The van der Waals surface area contributed by atoms with E-state index in [2.05, 4.69) is 15.6 Å². The smallest absolute Gasteiger partial charge is 0.284 e. The molecule has 8 heteroatoms. The lowest BCUT2D eigenvalue weighted by atomic mass is 10.0. The van der Waals surface area contributed by atoms with Crippen LogP contribution in [0.25, 0.3) is 11.1 Å². The predicted molar refractivity (Wildman–Crippen MR) is 109 cm³/mol. The summed E-state index contributed by atoms with van der Waals surface area (Å²) in [6, 6.07) is 9.93. The molecule has 1 amide bonds. The first kappa shape index (κ1) is 18.9. The van der Waals surface area contributed by atoms with Gasteiger partial charge in [0.15, 0.2) is 16.6 Å². The molecule has 0 fully saturated rings. The third-order valence-electron chi connectivity index (χ3n) is 4.52. The molecule has 2 heterocycles. The van der Waals surface area contributed by atoms with Crippen LogP contribution >= 0.6 is 22.9 Å². The number of thiazole rings is 1. The number of rotatable bonds is 4. The van der Waals surface area contributed by atoms with Crippen molar-refractivity contribution in [2.24, 2.45) is 0 Å². The first-order valence-electron chi connectivity index (χ1n) is 8.70. The first-order chi connectivity index (χ1) is 13.6. The fourth-order valence-electron chi connectivity index (χ4n) is 3.11. The molecule has 0 saturated carbocycles.